The Balaban J connectivity index is 2.01. The Morgan fingerprint density at radius 3 is 2.46 bits per heavy atom. The van der Waals surface area contributed by atoms with Gasteiger partial charge in [0.05, 0.1) is 17.7 Å². The molecule has 0 unspecified atom stereocenters. The summed E-state index contributed by atoms with van der Waals surface area (Å²) < 4.78 is 10.5. The normalized spacial score (nSPS) is 10.7. The number of benzene rings is 2. The number of nitrogens with one attached hydrogen (secondary N) is 1. The summed E-state index contributed by atoms with van der Waals surface area (Å²) in [6, 6.07) is 7.98. The van der Waals surface area contributed by atoms with Crippen molar-refractivity contribution in [2.75, 3.05) is 13.2 Å². The zero-order chi connectivity index (χ0) is 20.7. The number of ether oxygens (including phenoxy) is 2. The lowest BCUT2D eigenvalue weighted by Crippen LogP contribution is -2.24. The van der Waals surface area contributed by atoms with Gasteiger partial charge in [-0.2, -0.15) is 5.10 Å². The van der Waals surface area contributed by atoms with Crippen LogP contribution in [0.2, 0.25) is 0 Å². The predicted octanol–water partition coefficient (Wildman–Crippen LogP) is 2.21. The van der Waals surface area contributed by atoms with E-state index >= 15 is 0 Å². The summed E-state index contributed by atoms with van der Waals surface area (Å²) in [5.41, 5.74) is 3.91. The molecule has 0 saturated heterocycles. The van der Waals surface area contributed by atoms with Gasteiger partial charge in [-0.25, -0.2) is 5.43 Å². The fraction of sp³-hybridized carbons (Fsp3) is 0.263. The van der Waals surface area contributed by atoms with Crippen molar-refractivity contribution in [1.82, 2.24) is 5.43 Å². The van der Waals surface area contributed by atoms with Gasteiger partial charge in [0.1, 0.15) is 11.5 Å². The van der Waals surface area contributed by atoms with E-state index in [4.69, 9.17) is 9.47 Å². The quantitative estimate of drug-likeness (QED) is 0.421. The molecule has 1 amide bonds. The summed E-state index contributed by atoms with van der Waals surface area (Å²) in [6.07, 6.45) is 1.18. The molecule has 0 radical (unpaired) electrons. The van der Waals surface area contributed by atoms with Crippen LogP contribution in [0.4, 0.5) is 5.69 Å². The van der Waals surface area contributed by atoms with Gasteiger partial charge in [-0.1, -0.05) is 6.07 Å². The van der Waals surface area contributed by atoms with Gasteiger partial charge in [0.15, 0.2) is 6.61 Å². The number of nitrogens with zero attached hydrogens (tertiary/aromatic N) is 2. The van der Waals surface area contributed by atoms with Gasteiger partial charge in [-0.3, -0.25) is 14.9 Å². The molecular weight excluding hydrogens is 366 g/mol. The fourth-order valence-electron chi connectivity index (χ4n) is 2.46. The first-order valence-electron chi connectivity index (χ1n) is 8.45. The summed E-state index contributed by atoms with van der Waals surface area (Å²) in [7, 11) is 0. The second-order valence-electron chi connectivity index (χ2n) is 5.96. The molecule has 28 heavy (non-hydrogen) atoms. The maximum absolute atomic E-state index is 11.9. The summed E-state index contributed by atoms with van der Waals surface area (Å²) in [6.45, 7) is 5.44. The molecule has 0 aliphatic carbocycles. The maximum Gasteiger partial charge on any atom is 0.277 e. The van der Waals surface area contributed by atoms with Crippen LogP contribution >= 0.6 is 0 Å². The zero-order valence-corrected chi connectivity index (χ0v) is 15.7. The van der Waals surface area contributed by atoms with E-state index in [0.29, 0.717) is 5.75 Å². The van der Waals surface area contributed by atoms with Crippen molar-refractivity contribution in [1.29, 1.82) is 0 Å². The van der Waals surface area contributed by atoms with Crippen LogP contribution in [0.25, 0.3) is 0 Å². The van der Waals surface area contributed by atoms with E-state index in [9.17, 15) is 20.0 Å². The summed E-state index contributed by atoms with van der Waals surface area (Å²) in [5.74, 6) is -0.896. The zero-order valence-electron chi connectivity index (χ0n) is 15.7. The molecule has 0 fully saturated rings. The lowest BCUT2D eigenvalue weighted by molar-refractivity contribution is -0.398. The minimum absolute atomic E-state index is 0.150. The summed E-state index contributed by atoms with van der Waals surface area (Å²) in [5, 5.41) is 26.6. The highest BCUT2D eigenvalue weighted by atomic mass is 16.6. The van der Waals surface area contributed by atoms with Crippen LogP contribution in [0.5, 0.6) is 17.2 Å². The van der Waals surface area contributed by atoms with E-state index in [0.717, 1.165) is 17.2 Å². The van der Waals surface area contributed by atoms with Crippen molar-refractivity contribution in [2.45, 2.75) is 20.8 Å². The molecule has 2 aromatic rings. The minimum Gasteiger partial charge on any atom is -0.865 e. The van der Waals surface area contributed by atoms with Crippen LogP contribution in [-0.2, 0) is 4.79 Å². The van der Waals surface area contributed by atoms with E-state index in [1.165, 1.54) is 12.3 Å². The standard InChI is InChI=1S/C19H21N3O6/c1-4-27-17-9-14(8-16(19(17)24)22(25)26)10-20-21-18(23)11-28-15-6-12(2)5-13(3)7-15/h5-10,24H,4,11H2,1-3H3,(H,21,23)/p-1. The number of amides is 1. The Bertz CT molecular complexity index is 891. The van der Waals surface area contributed by atoms with Crippen molar-refractivity contribution in [3.05, 3.63) is 57.1 Å². The van der Waals surface area contributed by atoms with Crippen LogP contribution in [0.1, 0.15) is 23.6 Å². The third kappa shape index (κ3) is 5.70. The van der Waals surface area contributed by atoms with E-state index in [1.54, 1.807) is 6.92 Å². The van der Waals surface area contributed by atoms with Crippen molar-refractivity contribution in [2.24, 2.45) is 5.10 Å². The van der Waals surface area contributed by atoms with Gasteiger partial charge in [-0.05, 0) is 50.1 Å². The van der Waals surface area contributed by atoms with Crippen LogP contribution in [-0.4, -0.2) is 30.3 Å². The van der Waals surface area contributed by atoms with E-state index < -0.39 is 22.3 Å². The number of carbonyl (C=O) groups is 1. The van der Waals surface area contributed by atoms with Crippen molar-refractivity contribution >= 4 is 17.8 Å². The lowest BCUT2D eigenvalue weighted by Gasteiger charge is -2.14. The first kappa shape index (κ1) is 20.7. The average Bonchev–Trinajstić information content (AvgIpc) is 2.61. The number of aryl methyl sites for hydroxylation is 2. The first-order chi connectivity index (χ1) is 13.3. The smallest absolute Gasteiger partial charge is 0.277 e. The molecule has 0 aromatic heterocycles. The van der Waals surface area contributed by atoms with Crippen LogP contribution < -0.4 is 20.0 Å². The molecule has 0 heterocycles. The number of nitro groups is 1. The Morgan fingerprint density at radius 2 is 1.86 bits per heavy atom. The summed E-state index contributed by atoms with van der Waals surface area (Å²) >= 11 is 0. The monoisotopic (exact) mass is 386 g/mol. The maximum atomic E-state index is 11.9. The third-order valence-corrected chi connectivity index (χ3v) is 3.52. The van der Waals surface area contributed by atoms with Crippen molar-refractivity contribution in [3.63, 3.8) is 0 Å². The number of hydrogen-bond donors (Lipinski definition) is 1. The number of hydrazone groups is 1. The van der Waals surface area contributed by atoms with Gasteiger partial charge < -0.3 is 14.6 Å². The molecule has 9 nitrogen and oxygen atoms in total. The third-order valence-electron chi connectivity index (χ3n) is 3.52. The minimum atomic E-state index is -0.810. The number of nitro benzene ring substituents is 1. The molecule has 1 N–H and O–H groups in total. The topological polar surface area (TPSA) is 126 Å². The van der Waals surface area contributed by atoms with Crippen LogP contribution in [0.3, 0.4) is 0 Å². The SMILES string of the molecule is CCOc1cc(C=NNC(=O)COc2cc(C)cc(C)c2)cc([N+](=O)[O-])c1[O-]. The van der Waals surface area contributed by atoms with Gasteiger partial charge in [0.25, 0.3) is 11.6 Å². The van der Waals surface area contributed by atoms with Gasteiger partial charge in [0, 0.05) is 17.4 Å². The second kappa shape index (κ2) is 9.36. The van der Waals surface area contributed by atoms with Crippen LogP contribution in [0, 0.1) is 24.0 Å². The van der Waals surface area contributed by atoms with Gasteiger partial charge in [-0.15, -0.1) is 0 Å². The Kier molecular flexibility index (Phi) is 6.91. The molecule has 0 saturated carbocycles. The molecule has 0 aliphatic rings. The lowest BCUT2D eigenvalue weighted by atomic mass is 10.1. The Labute approximate surface area is 161 Å². The Morgan fingerprint density at radius 1 is 1.18 bits per heavy atom. The summed E-state index contributed by atoms with van der Waals surface area (Å²) in [4.78, 5) is 22.0. The Hall–Kier alpha value is -3.62. The molecule has 2 aromatic carbocycles. The molecule has 9 heteroatoms. The molecule has 0 bridgehead atoms. The predicted molar refractivity (Wildman–Crippen MR) is 101 cm³/mol. The highest BCUT2D eigenvalue weighted by Crippen LogP contribution is 2.34. The number of carbonyl (C=O) groups excluding carboxylic acids is 1. The van der Waals surface area contributed by atoms with E-state index in [1.807, 2.05) is 32.0 Å². The fourth-order valence-corrected chi connectivity index (χ4v) is 2.46. The highest BCUT2D eigenvalue weighted by molar-refractivity contribution is 5.85. The van der Waals surface area contributed by atoms with E-state index in [-0.39, 0.29) is 24.5 Å². The van der Waals surface area contributed by atoms with Gasteiger partial charge >= 0.3 is 0 Å². The highest BCUT2D eigenvalue weighted by Gasteiger charge is 2.13. The number of hydrogen-bond acceptors (Lipinski definition) is 7. The second-order valence-corrected chi connectivity index (χ2v) is 5.96. The van der Waals surface area contributed by atoms with Crippen molar-refractivity contribution < 1.29 is 24.3 Å². The van der Waals surface area contributed by atoms with E-state index in [2.05, 4.69) is 10.5 Å². The average molecular weight is 386 g/mol. The van der Waals surface area contributed by atoms with Crippen LogP contribution in [0.15, 0.2) is 35.4 Å². The molecule has 0 aliphatic heterocycles. The van der Waals surface area contributed by atoms with Crippen molar-refractivity contribution in [3.8, 4) is 17.2 Å². The molecule has 2 rings (SSSR count). The largest absolute Gasteiger partial charge is 0.865 e. The first-order valence-corrected chi connectivity index (χ1v) is 8.45. The molecule has 0 spiro atoms. The molecule has 148 valence electrons. The molecule has 0 atom stereocenters. The molecular formula is C19H20N3O6-. The number of rotatable bonds is 8. The van der Waals surface area contributed by atoms with Gasteiger partial charge in [0.2, 0.25) is 0 Å².